The first kappa shape index (κ1) is 28.6. The van der Waals surface area contributed by atoms with Crippen molar-refractivity contribution in [3.05, 3.63) is 53.6 Å². The van der Waals surface area contributed by atoms with E-state index < -0.39 is 50.9 Å². The Morgan fingerprint density at radius 2 is 1.31 bits per heavy atom. The van der Waals surface area contributed by atoms with Crippen LogP contribution < -0.4 is 9.08 Å². The number of anilines is 1. The molecule has 196 valence electrons. The van der Waals surface area contributed by atoms with Gasteiger partial charge in [-0.2, -0.15) is 13.3 Å². The van der Waals surface area contributed by atoms with Crippen molar-refractivity contribution in [2.75, 3.05) is 12.0 Å². The number of aryl methyl sites for hydroxylation is 1. The number of carbonyl (C=O) groups excluding carboxylic acids is 3. The third-order valence-electron chi connectivity index (χ3n) is 4.29. The van der Waals surface area contributed by atoms with Crippen molar-refractivity contribution in [1.29, 1.82) is 0 Å². The summed E-state index contributed by atoms with van der Waals surface area (Å²) in [6.45, 7) is 11.2. The standard InChI is InChI=1S/C25H31NO9S/c1-16-12-14-17(15-13-16)36(30,31)35-19-11-9-10-18(21(27)32-8)20(19)26(22(28)33-24(2,3)4)23(29)34-25(5,6)7/h9-15H,1-8H3. The van der Waals surface area contributed by atoms with E-state index in [1.165, 1.54) is 30.3 Å². The van der Waals surface area contributed by atoms with Crippen LogP contribution in [0, 0.1) is 6.92 Å². The number of benzene rings is 2. The normalized spacial score (nSPS) is 11.9. The van der Waals surface area contributed by atoms with Crippen LogP contribution in [-0.2, 0) is 24.3 Å². The quantitative estimate of drug-likeness (QED) is 0.295. The molecule has 0 unspecified atom stereocenters. The summed E-state index contributed by atoms with van der Waals surface area (Å²) in [4.78, 5) is 39.3. The van der Waals surface area contributed by atoms with Crippen molar-refractivity contribution >= 4 is 34.0 Å². The molecule has 0 N–H and O–H groups in total. The van der Waals surface area contributed by atoms with Gasteiger partial charge in [-0.05, 0) is 72.7 Å². The van der Waals surface area contributed by atoms with E-state index in [4.69, 9.17) is 18.4 Å². The van der Waals surface area contributed by atoms with Crippen LogP contribution in [-0.4, -0.2) is 44.9 Å². The minimum Gasteiger partial charge on any atom is -0.465 e. The molecule has 0 bridgehead atoms. The summed E-state index contributed by atoms with van der Waals surface area (Å²) >= 11 is 0. The van der Waals surface area contributed by atoms with Crippen LogP contribution in [0.15, 0.2) is 47.4 Å². The molecule has 2 amide bonds. The second-order valence-corrected chi connectivity index (χ2v) is 11.3. The molecule has 0 saturated carbocycles. The van der Waals surface area contributed by atoms with Gasteiger partial charge in [0.15, 0.2) is 5.75 Å². The number of imide groups is 1. The number of carbonyl (C=O) groups is 3. The minimum absolute atomic E-state index is 0.177. The van der Waals surface area contributed by atoms with E-state index in [0.29, 0.717) is 4.90 Å². The lowest BCUT2D eigenvalue weighted by molar-refractivity contribution is 0.0429. The summed E-state index contributed by atoms with van der Waals surface area (Å²) in [5, 5.41) is 0. The van der Waals surface area contributed by atoms with E-state index in [1.54, 1.807) is 60.6 Å². The van der Waals surface area contributed by atoms with Crippen LogP contribution in [0.3, 0.4) is 0 Å². The number of hydrogen-bond acceptors (Lipinski definition) is 9. The van der Waals surface area contributed by atoms with Gasteiger partial charge in [-0.15, -0.1) is 0 Å². The van der Waals surface area contributed by atoms with Gasteiger partial charge >= 0.3 is 28.3 Å². The number of hydrogen-bond donors (Lipinski definition) is 0. The van der Waals surface area contributed by atoms with Crippen molar-refractivity contribution in [3.63, 3.8) is 0 Å². The molecule has 0 aliphatic heterocycles. The second kappa shape index (κ2) is 10.6. The van der Waals surface area contributed by atoms with Gasteiger partial charge < -0.3 is 18.4 Å². The van der Waals surface area contributed by atoms with Crippen molar-refractivity contribution < 1.29 is 41.2 Å². The van der Waals surface area contributed by atoms with E-state index in [-0.39, 0.29) is 10.5 Å². The van der Waals surface area contributed by atoms with Crippen LogP contribution in [0.4, 0.5) is 15.3 Å². The van der Waals surface area contributed by atoms with Gasteiger partial charge in [-0.25, -0.2) is 14.4 Å². The van der Waals surface area contributed by atoms with Gasteiger partial charge in [0.1, 0.15) is 21.8 Å². The fourth-order valence-corrected chi connectivity index (χ4v) is 3.77. The summed E-state index contributed by atoms with van der Waals surface area (Å²) in [5.41, 5.74) is -2.11. The highest BCUT2D eigenvalue weighted by Crippen LogP contribution is 2.37. The highest BCUT2D eigenvalue weighted by Gasteiger charge is 2.38. The summed E-state index contributed by atoms with van der Waals surface area (Å²) in [6, 6.07) is 9.59. The Bertz CT molecular complexity index is 1210. The molecule has 2 aromatic rings. The van der Waals surface area contributed by atoms with Crippen molar-refractivity contribution in [2.24, 2.45) is 0 Å². The summed E-state index contributed by atoms with van der Waals surface area (Å²) < 4.78 is 47.0. The fraction of sp³-hybridized carbons (Fsp3) is 0.400. The zero-order chi connectivity index (χ0) is 27.5. The fourth-order valence-electron chi connectivity index (χ4n) is 2.84. The summed E-state index contributed by atoms with van der Waals surface area (Å²) in [6.07, 6.45) is -2.43. The lowest BCUT2D eigenvalue weighted by atomic mass is 10.1. The largest absolute Gasteiger partial charge is 0.465 e. The average molecular weight is 522 g/mol. The van der Waals surface area contributed by atoms with Crippen molar-refractivity contribution in [2.45, 2.75) is 64.6 Å². The molecule has 2 aromatic carbocycles. The highest BCUT2D eigenvalue weighted by molar-refractivity contribution is 7.87. The third-order valence-corrected chi connectivity index (χ3v) is 5.54. The van der Waals surface area contributed by atoms with Crippen LogP contribution in [0.25, 0.3) is 0 Å². The molecule has 0 spiro atoms. The molecular formula is C25H31NO9S. The van der Waals surface area contributed by atoms with E-state index in [1.807, 2.05) is 0 Å². The topological polar surface area (TPSA) is 126 Å². The van der Waals surface area contributed by atoms with Gasteiger partial charge in [-0.3, -0.25) is 0 Å². The lowest BCUT2D eigenvalue weighted by Gasteiger charge is -2.30. The molecule has 0 atom stereocenters. The lowest BCUT2D eigenvalue weighted by Crippen LogP contribution is -2.44. The Labute approximate surface area is 211 Å². The SMILES string of the molecule is COC(=O)c1cccc(OS(=O)(=O)c2ccc(C)cc2)c1N(C(=O)OC(C)(C)C)C(=O)OC(C)(C)C. The third kappa shape index (κ3) is 7.45. The Balaban J connectivity index is 2.77. The second-order valence-electron chi connectivity index (χ2n) is 9.79. The maximum atomic E-state index is 13.2. The van der Waals surface area contributed by atoms with Crippen LogP contribution in [0.5, 0.6) is 5.75 Å². The van der Waals surface area contributed by atoms with E-state index in [0.717, 1.165) is 12.7 Å². The van der Waals surface area contributed by atoms with E-state index >= 15 is 0 Å². The summed E-state index contributed by atoms with van der Waals surface area (Å²) in [5.74, 6) is -1.45. The molecule has 0 aromatic heterocycles. The molecule has 0 saturated heterocycles. The predicted molar refractivity (Wildman–Crippen MR) is 132 cm³/mol. The van der Waals surface area contributed by atoms with Gasteiger partial charge in [0.25, 0.3) is 0 Å². The number of methoxy groups -OCH3 is 1. The summed E-state index contributed by atoms with van der Waals surface area (Å²) in [7, 11) is -3.35. The molecule has 0 radical (unpaired) electrons. The van der Waals surface area contributed by atoms with Crippen molar-refractivity contribution in [3.8, 4) is 5.75 Å². The molecule has 0 heterocycles. The van der Waals surface area contributed by atoms with Crippen LogP contribution in [0.2, 0.25) is 0 Å². The number of amides is 2. The van der Waals surface area contributed by atoms with Gasteiger partial charge in [0.05, 0.1) is 12.7 Å². The number of para-hydroxylation sites is 1. The number of esters is 1. The first-order valence-corrected chi connectivity index (χ1v) is 12.3. The Hall–Kier alpha value is -3.60. The molecule has 10 nitrogen and oxygen atoms in total. The molecule has 2 rings (SSSR count). The monoisotopic (exact) mass is 521 g/mol. The zero-order valence-corrected chi connectivity index (χ0v) is 22.4. The average Bonchev–Trinajstić information content (AvgIpc) is 2.71. The Morgan fingerprint density at radius 1 is 0.806 bits per heavy atom. The van der Waals surface area contributed by atoms with Crippen LogP contribution in [0.1, 0.15) is 57.5 Å². The zero-order valence-electron chi connectivity index (χ0n) is 21.6. The van der Waals surface area contributed by atoms with E-state index in [9.17, 15) is 22.8 Å². The Morgan fingerprint density at radius 3 is 1.75 bits per heavy atom. The van der Waals surface area contributed by atoms with Crippen LogP contribution >= 0.6 is 0 Å². The van der Waals surface area contributed by atoms with Crippen molar-refractivity contribution in [1.82, 2.24) is 0 Å². The maximum absolute atomic E-state index is 13.2. The predicted octanol–water partition coefficient (Wildman–Crippen LogP) is 5.23. The number of ether oxygens (including phenoxy) is 3. The first-order chi connectivity index (χ1) is 16.4. The van der Waals surface area contributed by atoms with Gasteiger partial charge in [0, 0.05) is 0 Å². The molecule has 0 aliphatic rings. The molecular weight excluding hydrogens is 490 g/mol. The Kier molecular flexibility index (Phi) is 8.41. The van der Waals surface area contributed by atoms with Gasteiger partial charge in [-0.1, -0.05) is 23.8 Å². The van der Waals surface area contributed by atoms with Gasteiger partial charge in [0.2, 0.25) is 0 Å². The number of nitrogens with zero attached hydrogens (tertiary/aromatic N) is 1. The first-order valence-electron chi connectivity index (χ1n) is 10.9. The van der Waals surface area contributed by atoms with E-state index in [2.05, 4.69) is 0 Å². The molecule has 0 fully saturated rings. The molecule has 36 heavy (non-hydrogen) atoms. The smallest absolute Gasteiger partial charge is 0.424 e. The molecule has 0 aliphatic carbocycles. The highest BCUT2D eigenvalue weighted by atomic mass is 32.2. The maximum Gasteiger partial charge on any atom is 0.424 e. The number of rotatable bonds is 5. The molecule has 11 heteroatoms. The minimum atomic E-state index is -4.44.